The number of piperidine rings is 1. The maximum absolute atomic E-state index is 12.5. The molecule has 3 rings (SSSR count). The van der Waals surface area contributed by atoms with Gasteiger partial charge in [-0.1, -0.05) is 12.1 Å². The Labute approximate surface area is 177 Å². The van der Waals surface area contributed by atoms with E-state index < -0.39 is 0 Å². The van der Waals surface area contributed by atoms with Crippen molar-refractivity contribution in [1.82, 2.24) is 10.2 Å². The van der Waals surface area contributed by atoms with Gasteiger partial charge < -0.3 is 10.2 Å². The normalized spacial score (nSPS) is 13.7. The van der Waals surface area contributed by atoms with Crippen molar-refractivity contribution in [1.29, 1.82) is 0 Å². The van der Waals surface area contributed by atoms with Crippen LogP contribution in [0.4, 0.5) is 5.69 Å². The van der Waals surface area contributed by atoms with E-state index in [0.717, 1.165) is 35.2 Å². The Hall–Kier alpha value is -2.00. The Kier molecular flexibility index (Phi) is 6.78. The molecule has 0 unspecified atom stereocenters. The number of carbonyl (C=O) groups is 2. The van der Waals surface area contributed by atoms with Crippen LogP contribution in [0.15, 0.2) is 48.5 Å². The molecule has 0 bridgehead atoms. The maximum atomic E-state index is 12.5. The fourth-order valence-corrected chi connectivity index (χ4v) is 3.80. The highest BCUT2D eigenvalue weighted by molar-refractivity contribution is 14.1. The monoisotopic (exact) mass is 493 g/mol. The van der Waals surface area contributed by atoms with Crippen molar-refractivity contribution < 1.29 is 9.59 Å². The number of nitrogens with one attached hydrogen (secondary N) is 2. The van der Waals surface area contributed by atoms with Gasteiger partial charge in [0, 0.05) is 27.9 Å². The van der Waals surface area contributed by atoms with E-state index in [1.165, 1.54) is 6.42 Å². The molecule has 0 saturated carbocycles. The lowest BCUT2D eigenvalue weighted by Gasteiger charge is -2.26. The quantitative estimate of drug-likeness (QED) is 0.501. The predicted molar refractivity (Wildman–Crippen MR) is 119 cm³/mol. The largest absolute Gasteiger partial charge is 0.339 e. The number of amides is 2. The van der Waals surface area contributed by atoms with Crippen molar-refractivity contribution in [3.8, 4) is 0 Å². The third-order valence-corrected chi connectivity index (χ3v) is 5.52. The van der Waals surface area contributed by atoms with Crippen LogP contribution in [0.2, 0.25) is 0 Å². The predicted octanol–water partition coefficient (Wildman–Crippen LogP) is 4.04. The lowest BCUT2D eigenvalue weighted by atomic mass is 10.1. The Morgan fingerprint density at radius 3 is 2.30 bits per heavy atom. The number of hydrogen-bond acceptors (Lipinski definition) is 3. The smallest absolute Gasteiger partial charge is 0.258 e. The van der Waals surface area contributed by atoms with Gasteiger partial charge in [-0.3, -0.25) is 14.9 Å². The standard InChI is InChI=1S/C20H20IN3O2S/c21-17-7-3-2-6-16(17)18(25)23-20(27)22-15-10-8-14(9-11-15)19(26)24-12-4-1-5-13-24/h2-3,6-11H,1,4-5,12-13H2,(H2,22,23,25,27). The van der Waals surface area contributed by atoms with E-state index in [9.17, 15) is 9.59 Å². The first-order valence-electron chi connectivity index (χ1n) is 8.81. The summed E-state index contributed by atoms with van der Waals surface area (Å²) in [4.78, 5) is 26.7. The number of rotatable bonds is 3. The third-order valence-electron chi connectivity index (χ3n) is 4.38. The van der Waals surface area contributed by atoms with Gasteiger partial charge in [-0.25, -0.2) is 0 Å². The van der Waals surface area contributed by atoms with E-state index in [2.05, 4.69) is 33.2 Å². The number of nitrogens with zero attached hydrogens (tertiary/aromatic N) is 1. The second-order valence-electron chi connectivity index (χ2n) is 6.32. The molecule has 5 nitrogen and oxygen atoms in total. The summed E-state index contributed by atoms with van der Waals surface area (Å²) in [7, 11) is 0. The number of halogens is 1. The van der Waals surface area contributed by atoms with Crippen LogP contribution in [-0.2, 0) is 0 Å². The molecule has 2 aromatic carbocycles. The summed E-state index contributed by atoms with van der Waals surface area (Å²) >= 11 is 7.34. The minimum Gasteiger partial charge on any atom is -0.339 e. The zero-order chi connectivity index (χ0) is 19.2. The Morgan fingerprint density at radius 1 is 0.963 bits per heavy atom. The SMILES string of the molecule is O=C(NC(=S)Nc1ccc(C(=O)N2CCCCC2)cc1)c1ccccc1I. The average molecular weight is 493 g/mol. The van der Waals surface area contributed by atoms with Crippen molar-refractivity contribution in [2.45, 2.75) is 19.3 Å². The van der Waals surface area contributed by atoms with Crippen molar-refractivity contribution >= 4 is 57.4 Å². The summed E-state index contributed by atoms with van der Waals surface area (Å²) in [5, 5.41) is 5.87. The van der Waals surface area contributed by atoms with Crippen LogP contribution in [0.3, 0.4) is 0 Å². The van der Waals surface area contributed by atoms with Crippen molar-refractivity contribution in [3.05, 3.63) is 63.2 Å². The van der Waals surface area contributed by atoms with Crippen LogP contribution in [0.25, 0.3) is 0 Å². The number of thiocarbonyl (C=S) groups is 1. The first-order chi connectivity index (χ1) is 13.0. The molecule has 2 N–H and O–H groups in total. The van der Waals surface area contributed by atoms with E-state index in [0.29, 0.717) is 11.1 Å². The maximum Gasteiger partial charge on any atom is 0.258 e. The molecule has 0 radical (unpaired) electrons. The Balaban J connectivity index is 1.57. The second-order valence-corrected chi connectivity index (χ2v) is 7.89. The minimum absolute atomic E-state index is 0.0655. The molecule has 1 saturated heterocycles. The van der Waals surface area contributed by atoms with Gasteiger partial charge in [0.15, 0.2) is 5.11 Å². The van der Waals surface area contributed by atoms with Gasteiger partial charge >= 0.3 is 0 Å². The summed E-state index contributed by atoms with van der Waals surface area (Å²) in [5.41, 5.74) is 1.96. The van der Waals surface area contributed by atoms with Gasteiger partial charge in [0.1, 0.15) is 0 Å². The van der Waals surface area contributed by atoms with Crippen LogP contribution < -0.4 is 10.6 Å². The molecule has 1 fully saturated rings. The molecule has 140 valence electrons. The molecule has 0 aliphatic carbocycles. The molecule has 1 heterocycles. The fraction of sp³-hybridized carbons (Fsp3) is 0.250. The average Bonchev–Trinajstić information content (AvgIpc) is 2.69. The van der Waals surface area contributed by atoms with Gasteiger partial charge in [0.25, 0.3) is 11.8 Å². The lowest BCUT2D eigenvalue weighted by Crippen LogP contribution is -2.35. The van der Waals surface area contributed by atoms with Gasteiger partial charge in [-0.05, 0) is 90.5 Å². The summed E-state index contributed by atoms with van der Waals surface area (Å²) in [6.45, 7) is 1.65. The van der Waals surface area contributed by atoms with Crippen LogP contribution in [0.5, 0.6) is 0 Å². The van der Waals surface area contributed by atoms with E-state index in [-0.39, 0.29) is 16.9 Å². The molecule has 27 heavy (non-hydrogen) atoms. The lowest BCUT2D eigenvalue weighted by molar-refractivity contribution is 0.0724. The van der Waals surface area contributed by atoms with Gasteiger partial charge in [0.05, 0.1) is 5.56 Å². The Morgan fingerprint density at radius 2 is 1.63 bits per heavy atom. The van der Waals surface area contributed by atoms with Gasteiger partial charge in [-0.2, -0.15) is 0 Å². The highest BCUT2D eigenvalue weighted by Gasteiger charge is 2.18. The summed E-state index contributed by atoms with van der Waals surface area (Å²) < 4.78 is 0.857. The Bertz CT molecular complexity index is 849. The van der Waals surface area contributed by atoms with Crippen molar-refractivity contribution in [2.24, 2.45) is 0 Å². The van der Waals surface area contributed by atoms with E-state index in [1.54, 1.807) is 30.3 Å². The molecule has 7 heteroatoms. The number of carbonyl (C=O) groups excluding carboxylic acids is 2. The van der Waals surface area contributed by atoms with Gasteiger partial charge in [0.2, 0.25) is 0 Å². The van der Waals surface area contributed by atoms with E-state index in [1.807, 2.05) is 23.1 Å². The van der Waals surface area contributed by atoms with E-state index in [4.69, 9.17) is 12.2 Å². The molecular weight excluding hydrogens is 473 g/mol. The van der Waals surface area contributed by atoms with Crippen molar-refractivity contribution in [2.75, 3.05) is 18.4 Å². The molecule has 1 aliphatic rings. The number of likely N-dealkylation sites (tertiary alicyclic amines) is 1. The minimum atomic E-state index is -0.255. The molecule has 0 atom stereocenters. The van der Waals surface area contributed by atoms with Crippen LogP contribution >= 0.6 is 34.8 Å². The fourth-order valence-electron chi connectivity index (χ4n) is 2.95. The van der Waals surface area contributed by atoms with Crippen LogP contribution in [0, 0.1) is 3.57 Å². The van der Waals surface area contributed by atoms with Gasteiger partial charge in [-0.15, -0.1) is 0 Å². The van der Waals surface area contributed by atoms with E-state index >= 15 is 0 Å². The number of anilines is 1. The highest BCUT2D eigenvalue weighted by atomic mass is 127. The zero-order valence-electron chi connectivity index (χ0n) is 14.7. The topological polar surface area (TPSA) is 61.4 Å². The molecule has 0 aromatic heterocycles. The first-order valence-corrected chi connectivity index (χ1v) is 10.3. The van der Waals surface area contributed by atoms with Crippen LogP contribution in [0.1, 0.15) is 40.0 Å². The first kappa shape index (κ1) is 19.8. The molecule has 2 aromatic rings. The molecule has 2 amide bonds. The molecule has 1 aliphatic heterocycles. The number of hydrogen-bond donors (Lipinski definition) is 2. The highest BCUT2D eigenvalue weighted by Crippen LogP contribution is 2.16. The summed E-state index contributed by atoms with van der Waals surface area (Å²) in [6.07, 6.45) is 3.33. The summed E-state index contributed by atoms with van der Waals surface area (Å²) in [5.74, 6) is -0.190. The second kappa shape index (κ2) is 9.27. The third kappa shape index (κ3) is 5.26. The zero-order valence-corrected chi connectivity index (χ0v) is 17.7. The molecular formula is C20H20IN3O2S. The molecule has 0 spiro atoms. The summed E-state index contributed by atoms with van der Waals surface area (Å²) in [6, 6.07) is 14.5. The van der Waals surface area contributed by atoms with Crippen molar-refractivity contribution in [3.63, 3.8) is 0 Å². The van der Waals surface area contributed by atoms with Crippen LogP contribution in [-0.4, -0.2) is 34.9 Å². The number of benzene rings is 2.